The Labute approximate surface area is 55.2 Å². The first-order chi connectivity index (χ1) is 3.83. The molecule has 4 nitrogen and oxygen atoms in total. The molecule has 0 spiro atoms. The third-order valence-corrected chi connectivity index (χ3v) is 0.362. The zero-order chi connectivity index (χ0) is 6.83. The number of amides is 1. The van der Waals surface area contributed by atoms with Gasteiger partial charge < -0.3 is 11.9 Å². The van der Waals surface area contributed by atoms with E-state index >= 15 is 0 Å². The number of hydrogen-bond acceptors (Lipinski definition) is 3. The molecule has 0 radical (unpaired) electrons. The Hall–Kier alpha value is -1.08. The van der Waals surface area contributed by atoms with Gasteiger partial charge in [-0.25, -0.2) is 0 Å². The molecule has 0 bridgehead atoms. The van der Waals surface area contributed by atoms with Gasteiger partial charge in [0.1, 0.15) is 0 Å². The summed E-state index contributed by atoms with van der Waals surface area (Å²) in [7, 11) is 0. The molecule has 0 heterocycles. The highest BCUT2D eigenvalue weighted by Crippen LogP contribution is 1.77. The lowest BCUT2D eigenvalue weighted by atomic mass is 10.4. The molecule has 0 aliphatic rings. The Morgan fingerprint density at radius 2 is 2.11 bits per heavy atom. The molecule has 0 aromatic rings. The van der Waals surface area contributed by atoms with E-state index in [-0.39, 0.29) is 12.6 Å². The summed E-state index contributed by atoms with van der Waals surface area (Å²) < 4.78 is 0. The summed E-state index contributed by atoms with van der Waals surface area (Å²) in [6.07, 6.45) is 1.93. The monoisotopic (exact) mass is 131 g/mol. The van der Waals surface area contributed by atoms with Crippen molar-refractivity contribution in [2.75, 3.05) is 0 Å². The van der Waals surface area contributed by atoms with Gasteiger partial charge >= 0.3 is 0 Å². The van der Waals surface area contributed by atoms with Crippen molar-refractivity contribution in [3.05, 3.63) is 0 Å². The number of nitriles is 1. The molecular formula is C5H13N3O. The van der Waals surface area contributed by atoms with E-state index in [1.165, 1.54) is 0 Å². The van der Waals surface area contributed by atoms with Gasteiger partial charge in [-0.05, 0) is 6.42 Å². The van der Waals surface area contributed by atoms with Gasteiger partial charge in [-0.1, -0.05) is 6.92 Å². The van der Waals surface area contributed by atoms with Crippen LogP contribution in [-0.2, 0) is 4.79 Å². The van der Waals surface area contributed by atoms with E-state index in [9.17, 15) is 0 Å². The molecule has 5 N–H and O–H groups in total. The number of nitrogens with two attached hydrogens (primary N) is 1. The van der Waals surface area contributed by atoms with Crippen LogP contribution in [0.1, 0.15) is 19.8 Å². The van der Waals surface area contributed by atoms with Crippen LogP contribution in [0.2, 0.25) is 0 Å². The SMILES string of the molecule is CCCC#N.N.NC=O. The first-order valence-corrected chi connectivity index (χ1v) is 2.35. The summed E-state index contributed by atoms with van der Waals surface area (Å²) in [5, 5.41) is 7.82. The van der Waals surface area contributed by atoms with Gasteiger partial charge in [-0.3, -0.25) is 4.79 Å². The van der Waals surface area contributed by atoms with E-state index in [2.05, 4.69) is 5.73 Å². The number of carbonyl (C=O) groups is 1. The number of hydrogen-bond donors (Lipinski definition) is 2. The summed E-state index contributed by atoms with van der Waals surface area (Å²) in [5.74, 6) is 0. The van der Waals surface area contributed by atoms with Crippen LogP contribution in [0.3, 0.4) is 0 Å². The Morgan fingerprint density at radius 1 is 1.78 bits per heavy atom. The van der Waals surface area contributed by atoms with Gasteiger partial charge in [-0.2, -0.15) is 5.26 Å². The number of carbonyl (C=O) groups excluding carboxylic acids is 1. The number of primary amides is 1. The fraction of sp³-hybridized carbons (Fsp3) is 0.600. The highest BCUT2D eigenvalue weighted by Gasteiger charge is 1.65. The van der Waals surface area contributed by atoms with Crippen LogP contribution in [0.25, 0.3) is 0 Å². The van der Waals surface area contributed by atoms with E-state index < -0.39 is 0 Å². The maximum absolute atomic E-state index is 8.58. The molecule has 0 atom stereocenters. The van der Waals surface area contributed by atoms with Crippen molar-refractivity contribution in [1.82, 2.24) is 6.15 Å². The third-order valence-electron chi connectivity index (χ3n) is 0.362. The van der Waals surface area contributed by atoms with Crippen molar-refractivity contribution >= 4 is 6.41 Å². The molecule has 0 aliphatic heterocycles. The highest BCUT2D eigenvalue weighted by atomic mass is 16.1. The van der Waals surface area contributed by atoms with Crippen molar-refractivity contribution in [2.24, 2.45) is 5.73 Å². The lowest BCUT2D eigenvalue weighted by molar-refractivity contribution is -0.106. The Bertz CT molecular complexity index is 76.8. The van der Waals surface area contributed by atoms with Crippen LogP contribution < -0.4 is 11.9 Å². The van der Waals surface area contributed by atoms with E-state index in [0.29, 0.717) is 6.42 Å². The van der Waals surface area contributed by atoms with Gasteiger partial charge in [0.2, 0.25) is 6.41 Å². The quantitative estimate of drug-likeness (QED) is 0.508. The van der Waals surface area contributed by atoms with Gasteiger partial charge in [0.15, 0.2) is 0 Å². The Balaban J connectivity index is -0.0000000800. The molecule has 4 heteroatoms. The Kier molecular flexibility index (Phi) is 49.5. The maximum atomic E-state index is 8.58. The van der Waals surface area contributed by atoms with Gasteiger partial charge in [0, 0.05) is 6.42 Å². The summed E-state index contributed by atoms with van der Waals surface area (Å²) in [5.41, 5.74) is 4.17. The summed E-state index contributed by atoms with van der Waals surface area (Å²) in [6, 6.07) is 2.02. The average molecular weight is 131 g/mol. The molecule has 9 heavy (non-hydrogen) atoms. The fourth-order valence-corrected chi connectivity index (χ4v) is 0.112. The second-order valence-electron chi connectivity index (χ2n) is 1.04. The molecule has 0 saturated heterocycles. The second-order valence-corrected chi connectivity index (χ2v) is 1.04. The second kappa shape index (κ2) is 28.4. The van der Waals surface area contributed by atoms with Crippen LogP contribution in [0, 0.1) is 11.3 Å². The van der Waals surface area contributed by atoms with E-state index in [4.69, 9.17) is 10.1 Å². The predicted octanol–water partition coefficient (Wildman–Crippen LogP) is 0.574. The zero-order valence-corrected chi connectivity index (χ0v) is 5.63. The van der Waals surface area contributed by atoms with Crippen molar-refractivity contribution in [2.45, 2.75) is 19.8 Å². The normalized spacial score (nSPS) is 4.89. The lowest BCUT2D eigenvalue weighted by Crippen LogP contribution is -1.82. The van der Waals surface area contributed by atoms with Crippen LogP contribution in [0.15, 0.2) is 0 Å². The van der Waals surface area contributed by atoms with Crippen LogP contribution >= 0.6 is 0 Å². The molecule has 0 rings (SSSR count). The maximum Gasteiger partial charge on any atom is 0.204 e. The first kappa shape index (κ1) is 15.7. The van der Waals surface area contributed by atoms with Gasteiger partial charge in [0.25, 0.3) is 0 Å². The van der Waals surface area contributed by atoms with Gasteiger partial charge in [0.05, 0.1) is 6.07 Å². The number of unbranched alkanes of at least 4 members (excludes halogenated alkanes) is 1. The molecule has 0 saturated carbocycles. The smallest absolute Gasteiger partial charge is 0.204 e. The van der Waals surface area contributed by atoms with Crippen LogP contribution in [0.4, 0.5) is 0 Å². The highest BCUT2D eigenvalue weighted by molar-refractivity contribution is 5.42. The topological polar surface area (TPSA) is 102 Å². The largest absolute Gasteiger partial charge is 0.372 e. The van der Waals surface area contributed by atoms with E-state index in [1.54, 1.807) is 0 Å². The number of nitrogens with zero attached hydrogens (tertiary/aromatic N) is 1. The number of rotatable bonds is 1. The van der Waals surface area contributed by atoms with E-state index in [1.807, 2.05) is 13.0 Å². The zero-order valence-electron chi connectivity index (χ0n) is 5.63. The average Bonchev–Trinajstić information content (AvgIpc) is 1.71. The summed E-state index contributed by atoms with van der Waals surface area (Å²) in [6.45, 7) is 1.99. The summed E-state index contributed by atoms with van der Waals surface area (Å²) >= 11 is 0. The van der Waals surface area contributed by atoms with Crippen molar-refractivity contribution < 1.29 is 4.79 Å². The fourth-order valence-electron chi connectivity index (χ4n) is 0.112. The van der Waals surface area contributed by atoms with Crippen molar-refractivity contribution in [1.29, 1.82) is 5.26 Å². The minimum Gasteiger partial charge on any atom is -0.372 e. The molecule has 0 fully saturated rings. The Morgan fingerprint density at radius 3 is 2.11 bits per heavy atom. The lowest BCUT2D eigenvalue weighted by Gasteiger charge is -1.65. The third kappa shape index (κ3) is 198. The van der Waals surface area contributed by atoms with E-state index in [0.717, 1.165) is 6.42 Å². The molecular weight excluding hydrogens is 118 g/mol. The summed E-state index contributed by atoms with van der Waals surface area (Å²) in [4.78, 5) is 8.58. The van der Waals surface area contributed by atoms with Crippen LogP contribution in [-0.4, -0.2) is 6.41 Å². The van der Waals surface area contributed by atoms with Crippen LogP contribution in [0.5, 0.6) is 0 Å². The predicted molar refractivity (Wildman–Crippen MR) is 35.8 cm³/mol. The molecule has 0 aromatic heterocycles. The van der Waals surface area contributed by atoms with Crippen molar-refractivity contribution in [3.63, 3.8) is 0 Å². The first-order valence-electron chi connectivity index (χ1n) is 2.35. The standard InChI is InChI=1S/C4H7N.CH3NO.H3N/c1-2-3-4-5;2-1-3;/h2-3H2,1H3;1H,(H2,2,3);1H3. The van der Waals surface area contributed by atoms with Gasteiger partial charge in [-0.15, -0.1) is 0 Å². The molecule has 0 unspecified atom stereocenters. The molecule has 1 amide bonds. The molecule has 0 aromatic carbocycles. The minimum absolute atomic E-state index is 0. The minimum atomic E-state index is 0. The molecule has 0 aliphatic carbocycles. The van der Waals surface area contributed by atoms with Crippen molar-refractivity contribution in [3.8, 4) is 6.07 Å². The molecule has 54 valence electrons.